The molecule has 1 aliphatic rings. The van der Waals surface area contributed by atoms with Gasteiger partial charge in [-0.25, -0.2) is 8.42 Å². The SMILES string of the molecule is O=S(=O)(c1cc(C(F)(F)F)cc(C(F)(F)F)c1)N1CCN(c2ccc(-c3ccc4ccccc4c3)nn2)CC1. The van der Waals surface area contributed by atoms with Crippen molar-refractivity contribution in [2.75, 3.05) is 31.1 Å². The number of hydrogen-bond acceptors (Lipinski definition) is 5. The van der Waals surface area contributed by atoms with Crippen molar-refractivity contribution in [3.8, 4) is 11.3 Å². The Morgan fingerprint density at radius 1 is 0.667 bits per heavy atom. The molecule has 0 bridgehead atoms. The van der Waals surface area contributed by atoms with E-state index in [9.17, 15) is 34.8 Å². The van der Waals surface area contributed by atoms with Gasteiger partial charge in [0.2, 0.25) is 10.0 Å². The molecule has 204 valence electrons. The summed E-state index contributed by atoms with van der Waals surface area (Å²) in [6.07, 6.45) is -10.3. The lowest BCUT2D eigenvalue weighted by Crippen LogP contribution is -2.49. The van der Waals surface area contributed by atoms with Crippen molar-refractivity contribution >= 4 is 26.6 Å². The molecule has 39 heavy (non-hydrogen) atoms. The second kappa shape index (κ2) is 9.79. The zero-order valence-corrected chi connectivity index (χ0v) is 20.9. The van der Waals surface area contributed by atoms with Crippen molar-refractivity contribution in [3.05, 3.63) is 83.9 Å². The van der Waals surface area contributed by atoms with Gasteiger partial charge in [0.25, 0.3) is 0 Å². The van der Waals surface area contributed by atoms with Crippen molar-refractivity contribution in [2.24, 2.45) is 0 Å². The lowest BCUT2D eigenvalue weighted by atomic mass is 10.1. The van der Waals surface area contributed by atoms with Crippen LogP contribution in [0.5, 0.6) is 0 Å². The van der Waals surface area contributed by atoms with Crippen LogP contribution in [-0.2, 0) is 22.4 Å². The molecule has 0 amide bonds. The second-order valence-electron chi connectivity index (χ2n) is 8.97. The molecule has 0 saturated carbocycles. The number of benzene rings is 3. The third-order valence-corrected chi connectivity index (χ3v) is 8.33. The van der Waals surface area contributed by atoms with Crippen molar-refractivity contribution in [2.45, 2.75) is 17.2 Å². The van der Waals surface area contributed by atoms with Crippen LogP contribution in [0.1, 0.15) is 11.1 Å². The Morgan fingerprint density at radius 2 is 1.28 bits per heavy atom. The summed E-state index contributed by atoms with van der Waals surface area (Å²) in [7, 11) is -4.62. The van der Waals surface area contributed by atoms with Crippen LogP contribution in [0.15, 0.2) is 77.7 Å². The Balaban J connectivity index is 1.32. The maximum atomic E-state index is 13.2. The van der Waals surface area contributed by atoms with E-state index in [4.69, 9.17) is 0 Å². The van der Waals surface area contributed by atoms with Crippen molar-refractivity contribution in [3.63, 3.8) is 0 Å². The zero-order chi connectivity index (χ0) is 28.0. The molecular formula is C26H20F6N4O2S. The van der Waals surface area contributed by atoms with E-state index < -0.39 is 38.4 Å². The van der Waals surface area contributed by atoms with E-state index in [1.807, 2.05) is 42.5 Å². The Kier molecular flexibility index (Phi) is 6.75. The van der Waals surface area contributed by atoms with Crippen LogP contribution in [0, 0.1) is 0 Å². The van der Waals surface area contributed by atoms with Gasteiger partial charge in [0.1, 0.15) is 0 Å². The van der Waals surface area contributed by atoms with Gasteiger partial charge in [-0.05, 0) is 47.2 Å². The fourth-order valence-corrected chi connectivity index (χ4v) is 5.87. The molecule has 2 heterocycles. The molecule has 0 atom stereocenters. The highest BCUT2D eigenvalue weighted by atomic mass is 32.2. The predicted molar refractivity (Wildman–Crippen MR) is 132 cm³/mol. The first-order valence-electron chi connectivity index (χ1n) is 11.7. The number of nitrogens with zero attached hydrogens (tertiary/aromatic N) is 4. The minimum Gasteiger partial charge on any atom is -0.352 e. The van der Waals surface area contributed by atoms with Gasteiger partial charge in [0.15, 0.2) is 5.82 Å². The molecule has 1 aromatic heterocycles. The van der Waals surface area contributed by atoms with Gasteiger partial charge in [-0.1, -0.05) is 36.4 Å². The van der Waals surface area contributed by atoms with Crippen molar-refractivity contribution in [1.29, 1.82) is 0 Å². The van der Waals surface area contributed by atoms with E-state index in [2.05, 4.69) is 10.2 Å². The fraction of sp³-hybridized carbons (Fsp3) is 0.231. The summed E-state index contributed by atoms with van der Waals surface area (Å²) in [5.41, 5.74) is -1.87. The number of piperazine rings is 1. The first kappa shape index (κ1) is 26.9. The number of aromatic nitrogens is 2. The number of sulfonamides is 1. The summed E-state index contributed by atoms with van der Waals surface area (Å²) in [6, 6.07) is 17.6. The summed E-state index contributed by atoms with van der Waals surface area (Å²) in [5.74, 6) is 0.468. The van der Waals surface area contributed by atoms with E-state index in [0.717, 1.165) is 20.6 Å². The topological polar surface area (TPSA) is 66.4 Å². The van der Waals surface area contributed by atoms with Gasteiger partial charge < -0.3 is 4.90 Å². The van der Waals surface area contributed by atoms with E-state index in [-0.39, 0.29) is 44.4 Å². The average molecular weight is 567 g/mol. The third kappa shape index (κ3) is 5.55. The Labute approximate surface area is 219 Å². The molecule has 13 heteroatoms. The molecule has 0 unspecified atom stereocenters. The molecule has 1 saturated heterocycles. The molecule has 6 nitrogen and oxygen atoms in total. The summed E-state index contributed by atoms with van der Waals surface area (Å²) in [6.45, 7) is -0.0787. The zero-order valence-electron chi connectivity index (χ0n) is 20.0. The van der Waals surface area contributed by atoms with Gasteiger partial charge in [-0.2, -0.15) is 30.6 Å². The van der Waals surface area contributed by atoms with E-state index in [1.165, 1.54) is 0 Å². The molecule has 0 radical (unpaired) electrons. The monoisotopic (exact) mass is 566 g/mol. The molecular weight excluding hydrogens is 546 g/mol. The first-order chi connectivity index (χ1) is 18.3. The summed E-state index contributed by atoms with van der Waals surface area (Å²) in [4.78, 5) is 0.689. The van der Waals surface area contributed by atoms with Gasteiger partial charge in [-0.3, -0.25) is 0 Å². The summed E-state index contributed by atoms with van der Waals surface area (Å²) in [5, 5.41) is 10.6. The number of hydrogen-bond donors (Lipinski definition) is 0. The number of anilines is 1. The second-order valence-corrected chi connectivity index (χ2v) is 10.9. The molecule has 5 rings (SSSR count). The number of fused-ring (bicyclic) bond motifs is 1. The smallest absolute Gasteiger partial charge is 0.352 e. The highest BCUT2D eigenvalue weighted by Crippen LogP contribution is 2.38. The van der Waals surface area contributed by atoms with E-state index in [0.29, 0.717) is 11.5 Å². The van der Waals surface area contributed by atoms with Crippen LogP contribution in [0.4, 0.5) is 32.2 Å². The third-order valence-electron chi connectivity index (χ3n) is 6.46. The minimum absolute atomic E-state index is 0.1000. The van der Waals surface area contributed by atoms with Crippen LogP contribution < -0.4 is 4.90 Å². The van der Waals surface area contributed by atoms with Gasteiger partial charge in [0, 0.05) is 31.7 Å². The van der Waals surface area contributed by atoms with Crippen LogP contribution in [0.2, 0.25) is 0 Å². The lowest BCUT2D eigenvalue weighted by molar-refractivity contribution is -0.143. The minimum atomic E-state index is -5.15. The summed E-state index contributed by atoms with van der Waals surface area (Å²) < 4.78 is 106. The molecule has 4 aromatic rings. The summed E-state index contributed by atoms with van der Waals surface area (Å²) >= 11 is 0. The van der Waals surface area contributed by atoms with E-state index in [1.54, 1.807) is 17.0 Å². The Bertz CT molecular complexity index is 1580. The standard InChI is InChI=1S/C26H20F6N4O2S/c27-25(28,29)20-14-21(26(30,31)32)16-22(15-20)39(37,38)36-11-9-35(10-12-36)24-8-7-23(33-34-24)19-6-5-17-3-1-2-4-18(17)13-19/h1-8,13-16H,9-12H2. The molecule has 0 aliphatic carbocycles. The van der Waals surface area contributed by atoms with Crippen LogP contribution >= 0.6 is 0 Å². The number of rotatable bonds is 4. The molecule has 1 fully saturated rings. The van der Waals surface area contributed by atoms with Gasteiger partial charge in [0.05, 0.1) is 21.7 Å². The van der Waals surface area contributed by atoms with Crippen molar-refractivity contribution < 1.29 is 34.8 Å². The largest absolute Gasteiger partial charge is 0.416 e. The molecule has 0 spiro atoms. The Hall–Kier alpha value is -3.71. The van der Waals surface area contributed by atoms with Gasteiger partial charge >= 0.3 is 12.4 Å². The number of halogens is 6. The quantitative estimate of drug-likeness (QED) is 0.290. The maximum absolute atomic E-state index is 13.2. The molecule has 3 aromatic carbocycles. The highest BCUT2D eigenvalue weighted by molar-refractivity contribution is 7.89. The fourth-order valence-electron chi connectivity index (χ4n) is 4.38. The van der Waals surface area contributed by atoms with Crippen LogP contribution in [0.3, 0.4) is 0 Å². The normalized spacial score (nSPS) is 15.6. The van der Waals surface area contributed by atoms with Crippen LogP contribution in [0.25, 0.3) is 22.0 Å². The highest BCUT2D eigenvalue weighted by Gasteiger charge is 2.39. The Morgan fingerprint density at radius 3 is 1.85 bits per heavy atom. The molecule has 1 aliphatic heterocycles. The maximum Gasteiger partial charge on any atom is 0.416 e. The van der Waals surface area contributed by atoms with Crippen molar-refractivity contribution in [1.82, 2.24) is 14.5 Å². The first-order valence-corrected chi connectivity index (χ1v) is 13.1. The predicted octanol–water partition coefficient (Wildman–Crippen LogP) is 5.85. The van der Waals surface area contributed by atoms with Gasteiger partial charge in [-0.15, -0.1) is 10.2 Å². The average Bonchev–Trinajstić information content (AvgIpc) is 2.92. The lowest BCUT2D eigenvalue weighted by Gasteiger charge is -2.34. The van der Waals surface area contributed by atoms with E-state index >= 15 is 0 Å². The molecule has 0 N–H and O–H groups in total. The van der Waals surface area contributed by atoms with Crippen LogP contribution in [-0.4, -0.2) is 49.1 Å². The number of alkyl halides is 6.